The lowest BCUT2D eigenvalue weighted by atomic mass is 10.0. The summed E-state index contributed by atoms with van der Waals surface area (Å²) in [6, 6.07) is 13.0. The van der Waals surface area contributed by atoms with Gasteiger partial charge in [-0.1, -0.05) is 24.3 Å². The molecule has 1 atom stereocenters. The monoisotopic (exact) mass is 519 g/mol. The molecule has 2 aromatic carbocycles. The molecule has 0 bridgehead atoms. The fourth-order valence-corrected chi connectivity index (χ4v) is 4.74. The molecular weight excluding hydrogens is 494 g/mol. The zero-order valence-electron chi connectivity index (χ0n) is 19.3. The van der Waals surface area contributed by atoms with Gasteiger partial charge in [0, 0.05) is 24.0 Å². The third kappa shape index (κ3) is 5.91. The predicted molar refractivity (Wildman–Crippen MR) is 130 cm³/mol. The smallest absolute Gasteiger partial charge is 0.377 e. The molecule has 190 valence electrons. The lowest BCUT2D eigenvalue weighted by molar-refractivity contribution is -0.137. The molecule has 2 N–H and O–H groups in total. The van der Waals surface area contributed by atoms with Gasteiger partial charge in [-0.15, -0.1) is 0 Å². The van der Waals surface area contributed by atoms with Crippen LogP contribution in [0.15, 0.2) is 59.8 Å². The van der Waals surface area contributed by atoms with Gasteiger partial charge in [-0.3, -0.25) is 4.72 Å². The molecule has 2 fully saturated rings. The third-order valence-corrected chi connectivity index (χ3v) is 7.06. The van der Waals surface area contributed by atoms with Gasteiger partial charge in [0.25, 0.3) is 0 Å². The summed E-state index contributed by atoms with van der Waals surface area (Å²) in [5, 5.41) is 3.04. The van der Waals surface area contributed by atoms with E-state index in [1.54, 1.807) is 16.8 Å². The largest absolute Gasteiger partial charge is 0.416 e. The van der Waals surface area contributed by atoms with Crippen LogP contribution in [0.1, 0.15) is 35.6 Å². The van der Waals surface area contributed by atoms with Gasteiger partial charge in [-0.25, -0.2) is 9.97 Å². The number of rotatable bonds is 8. The molecule has 0 amide bonds. The minimum absolute atomic E-state index is 0.0616. The number of nitrogens with one attached hydrogen (secondary N) is 2. The van der Waals surface area contributed by atoms with E-state index in [0.717, 1.165) is 22.6 Å². The highest BCUT2D eigenvalue weighted by Crippen LogP contribution is 2.34. The minimum atomic E-state index is -4.42. The van der Waals surface area contributed by atoms with Crippen molar-refractivity contribution in [3.05, 3.63) is 77.4 Å². The number of hydrogen-bond acceptors (Lipinski definition) is 7. The molecule has 2 heterocycles. The summed E-state index contributed by atoms with van der Waals surface area (Å²) in [7, 11) is 0. The normalized spacial score (nSPS) is 18.3. The molecule has 1 aromatic heterocycles. The molecule has 5 rings (SSSR count). The van der Waals surface area contributed by atoms with Crippen LogP contribution in [0, 0.1) is 5.82 Å². The fourth-order valence-electron chi connectivity index (χ4n) is 3.93. The lowest BCUT2D eigenvalue weighted by Gasteiger charge is -2.37. The topological polar surface area (TPSA) is 62.3 Å². The highest BCUT2D eigenvalue weighted by atomic mass is 32.2. The van der Waals surface area contributed by atoms with E-state index in [1.165, 1.54) is 31.3 Å². The molecule has 1 aliphatic carbocycles. The zero-order chi connectivity index (χ0) is 25.1. The van der Waals surface area contributed by atoms with Crippen LogP contribution in [0.2, 0.25) is 0 Å². The highest BCUT2D eigenvalue weighted by molar-refractivity contribution is 7.97. The summed E-state index contributed by atoms with van der Waals surface area (Å²) in [6.07, 6.45) is -0.704. The van der Waals surface area contributed by atoms with E-state index in [2.05, 4.69) is 20.0 Å². The van der Waals surface area contributed by atoms with Crippen LogP contribution in [0.3, 0.4) is 0 Å². The van der Waals surface area contributed by atoms with Gasteiger partial charge in [-0.2, -0.15) is 17.6 Å². The van der Waals surface area contributed by atoms with Crippen LogP contribution in [0.25, 0.3) is 0 Å². The molecule has 0 spiro atoms. The van der Waals surface area contributed by atoms with E-state index < -0.39 is 23.6 Å². The van der Waals surface area contributed by atoms with Gasteiger partial charge in [0.05, 0.1) is 24.8 Å². The van der Waals surface area contributed by atoms with Crippen LogP contribution < -0.4 is 14.9 Å². The maximum Gasteiger partial charge on any atom is 0.416 e. The van der Waals surface area contributed by atoms with Crippen LogP contribution in [-0.2, 0) is 17.5 Å². The SMILES string of the molecule is Fc1c(NCc2ccc(SNC3CC3)cc2)ncnc1N1CCOCC1c1ccc(C(F)(F)F)cc1. The number of morpholine rings is 1. The Balaban J connectivity index is 1.28. The molecule has 36 heavy (non-hydrogen) atoms. The third-order valence-electron chi connectivity index (χ3n) is 6.10. The van der Waals surface area contributed by atoms with Crippen LogP contribution in [0.5, 0.6) is 0 Å². The Kier molecular flexibility index (Phi) is 7.31. The minimum Gasteiger partial charge on any atom is -0.377 e. The molecule has 2 aliphatic rings. The van der Waals surface area contributed by atoms with E-state index in [4.69, 9.17) is 4.74 Å². The van der Waals surface area contributed by atoms with Gasteiger partial charge in [0.1, 0.15) is 6.33 Å². The molecule has 1 unspecified atom stereocenters. The van der Waals surface area contributed by atoms with Gasteiger partial charge >= 0.3 is 6.18 Å². The van der Waals surface area contributed by atoms with Crippen LogP contribution >= 0.6 is 11.9 Å². The molecule has 11 heteroatoms. The Morgan fingerprint density at radius 2 is 1.78 bits per heavy atom. The summed E-state index contributed by atoms with van der Waals surface area (Å²) < 4.78 is 63.3. The average molecular weight is 520 g/mol. The molecule has 1 saturated heterocycles. The number of aromatic nitrogens is 2. The van der Waals surface area contributed by atoms with E-state index in [1.807, 2.05) is 24.3 Å². The van der Waals surface area contributed by atoms with E-state index in [-0.39, 0.29) is 18.2 Å². The van der Waals surface area contributed by atoms with Crippen molar-refractivity contribution >= 4 is 23.6 Å². The second kappa shape index (κ2) is 10.6. The first-order valence-electron chi connectivity index (χ1n) is 11.7. The predicted octanol–water partition coefficient (Wildman–Crippen LogP) is 5.58. The summed E-state index contributed by atoms with van der Waals surface area (Å²) >= 11 is 1.61. The van der Waals surface area contributed by atoms with Crippen molar-refractivity contribution in [3.8, 4) is 0 Å². The average Bonchev–Trinajstić information content (AvgIpc) is 3.72. The Bertz CT molecular complexity index is 1170. The van der Waals surface area contributed by atoms with Crippen molar-refractivity contribution in [3.63, 3.8) is 0 Å². The maximum atomic E-state index is 15.5. The Morgan fingerprint density at radius 3 is 2.47 bits per heavy atom. The van der Waals surface area contributed by atoms with Crippen LogP contribution in [-0.4, -0.2) is 35.8 Å². The number of halogens is 4. The second-order valence-corrected chi connectivity index (χ2v) is 9.67. The van der Waals surface area contributed by atoms with E-state index >= 15 is 4.39 Å². The molecule has 1 saturated carbocycles. The highest BCUT2D eigenvalue weighted by Gasteiger charge is 2.32. The van der Waals surface area contributed by atoms with Gasteiger partial charge < -0.3 is 15.0 Å². The molecular formula is C25H25F4N5OS. The maximum absolute atomic E-state index is 15.5. The van der Waals surface area contributed by atoms with Crippen molar-refractivity contribution in [1.29, 1.82) is 0 Å². The van der Waals surface area contributed by atoms with Crippen molar-refractivity contribution in [1.82, 2.24) is 14.7 Å². The van der Waals surface area contributed by atoms with E-state index in [9.17, 15) is 13.2 Å². The summed E-state index contributed by atoms with van der Waals surface area (Å²) in [5.41, 5.74) is 0.823. The number of hydrogen-bond donors (Lipinski definition) is 2. The Morgan fingerprint density at radius 1 is 1.03 bits per heavy atom. The Hall–Kier alpha value is -2.89. The zero-order valence-corrected chi connectivity index (χ0v) is 20.1. The molecule has 3 aromatic rings. The first-order chi connectivity index (χ1) is 17.4. The second-order valence-electron chi connectivity index (χ2n) is 8.76. The van der Waals surface area contributed by atoms with Crippen molar-refractivity contribution < 1.29 is 22.3 Å². The molecule has 1 aliphatic heterocycles. The van der Waals surface area contributed by atoms with Crippen LogP contribution in [0.4, 0.5) is 29.2 Å². The summed E-state index contributed by atoms with van der Waals surface area (Å²) in [5.74, 6) is -0.470. The number of alkyl halides is 3. The number of nitrogens with zero attached hydrogens (tertiary/aromatic N) is 3. The standard InChI is InChI=1S/C25H25F4N5OS/c26-22-23(30-13-16-1-9-20(10-2-16)36-33-19-7-8-19)31-15-32-24(22)34-11-12-35-14-21(34)17-3-5-18(6-4-17)25(27,28)29/h1-6,9-10,15,19,21,33H,7-8,11-14H2,(H,30,31,32). The van der Waals surface area contributed by atoms with Crippen molar-refractivity contribution in [2.24, 2.45) is 0 Å². The summed E-state index contributed by atoms with van der Waals surface area (Å²) in [4.78, 5) is 11.0. The molecule has 6 nitrogen and oxygen atoms in total. The Labute approximate surface area is 210 Å². The fraction of sp³-hybridized carbons (Fsp3) is 0.360. The number of benzene rings is 2. The first kappa shape index (κ1) is 24.8. The molecule has 0 radical (unpaired) electrons. The summed E-state index contributed by atoms with van der Waals surface area (Å²) in [6.45, 7) is 1.27. The van der Waals surface area contributed by atoms with Crippen molar-refractivity contribution in [2.75, 3.05) is 30.0 Å². The van der Waals surface area contributed by atoms with E-state index in [0.29, 0.717) is 31.3 Å². The van der Waals surface area contributed by atoms with Crippen molar-refractivity contribution in [2.45, 2.75) is 42.5 Å². The number of anilines is 2. The van der Waals surface area contributed by atoms with Gasteiger partial charge in [0.15, 0.2) is 11.6 Å². The van der Waals surface area contributed by atoms with Gasteiger partial charge in [-0.05, 0) is 60.2 Å². The first-order valence-corrected chi connectivity index (χ1v) is 12.5. The lowest BCUT2D eigenvalue weighted by Crippen LogP contribution is -2.40. The van der Waals surface area contributed by atoms with Gasteiger partial charge in [0.2, 0.25) is 5.82 Å². The number of ether oxygens (including phenoxy) is 1. The quantitative estimate of drug-likeness (QED) is 0.297.